The molecule has 0 spiro atoms. The van der Waals surface area contributed by atoms with E-state index in [2.05, 4.69) is 143 Å². The van der Waals surface area contributed by atoms with E-state index in [4.69, 9.17) is 6.30 Å². The number of hydrogen-bond donors (Lipinski definition) is 0. The van der Waals surface area contributed by atoms with Gasteiger partial charge in [0.25, 0.3) is 0 Å². The first-order chi connectivity index (χ1) is 23.1. The maximum absolute atomic E-state index is 14.4. The fraction of sp³-hybridized carbons (Fsp3) is 0. The van der Waals surface area contributed by atoms with E-state index in [1.165, 1.54) is 21.5 Å². The molecule has 0 aliphatic heterocycles. The quantitative estimate of drug-likeness (QED) is 0.169. The molecule has 0 saturated heterocycles. The third-order valence-electron chi connectivity index (χ3n) is 9.49. The van der Waals surface area contributed by atoms with Gasteiger partial charge in [0.05, 0.1) is 22.1 Å². The molecule has 7 aromatic carbocycles. The van der Waals surface area contributed by atoms with Crippen molar-refractivity contribution >= 4 is 72.7 Å². The van der Waals surface area contributed by atoms with E-state index in [0.717, 1.165) is 49.4 Å². The van der Waals surface area contributed by atoms with Crippen molar-refractivity contribution < 1.29 is 4.39 Å². The third kappa shape index (κ3) is 4.24. The van der Waals surface area contributed by atoms with E-state index in [1.807, 2.05) is 24.3 Å². The molecule has 0 bridgehead atoms. The van der Waals surface area contributed by atoms with Gasteiger partial charge in [-0.3, -0.25) is 0 Å². The minimum absolute atomic E-state index is 0.247. The molecule has 0 aliphatic carbocycles. The largest absolute Gasteiger partial charge is 0.309 e. The molecule has 0 saturated carbocycles. The third-order valence-corrected chi connectivity index (χ3v) is 13.0. The van der Waals surface area contributed by atoms with Crippen molar-refractivity contribution in [1.82, 2.24) is 9.13 Å². The van der Waals surface area contributed by atoms with Gasteiger partial charge in [-0.1, -0.05) is 103 Å². The standard InChI is InChI=1S/C43H30FN2P/c1-47(33-22-20-30(44)21-23-33,34-24-26-42-38(28-34)36-16-8-10-18-40(36)45(42)31-12-4-2-5-13-31)35-25-27-43-39(29-35)37-17-9-11-19-41(37)46(43)32-14-6-3-7-15-32/h2-29H,1H2. The molecule has 2 nitrogen and oxygen atoms in total. The Bertz CT molecular complexity index is 2490. The zero-order valence-electron chi connectivity index (χ0n) is 25.6. The van der Waals surface area contributed by atoms with Crippen LogP contribution < -0.4 is 15.9 Å². The Kier molecular flexibility index (Phi) is 6.31. The number of nitrogens with zero attached hydrogens (tertiary/aromatic N) is 2. The van der Waals surface area contributed by atoms with Crippen LogP contribution in [-0.2, 0) is 0 Å². The Labute approximate surface area is 272 Å². The fourth-order valence-corrected chi connectivity index (χ4v) is 10.2. The van der Waals surface area contributed by atoms with E-state index in [0.29, 0.717) is 0 Å². The summed E-state index contributed by atoms with van der Waals surface area (Å²) >= 11 is 0. The van der Waals surface area contributed by atoms with Crippen molar-refractivity contribution in [2.75, 3.05) is 0 Å². The Morgan fingerprint density at radius 3 is 1.23 bits per heavy atom. The number of halogens is 1. The van der Waals surface area contributed by atoms with Crippen molar-refractivity contribution in [2.45, 2.75) is 0 Å². The number of benzene rings is 7. The predicted molar refractivity (Wildman–Crippen MR) is 201 cm³/mol. The van der Waals surface area contributed by atoms with Gasteiger partial charge in [-0.15, -0.1) is 0 Å². The smallest absolute Gasteiger partial charge is 0.123 e. The summed E-state index contributed by atoms with van der Waals surface area (Å²) in [6.07, 6.45) is 5.09. The molecule has 4 heteroatoms. The zero-order valence-corrected chi connectivity index (χ0v) is 26.5. The fourth-order valence-electron chi connectivity index (χ4n) is 7.25. The molecule has 2 heterocycles. The van der Waals surface area contributed by atoms with Gasteiger partial charge in [0.1, 0.15) is 5.82 Å². The van der Waals surface area contributed by atoms with E-state index < -0.39 is 6.89 Å². The number of hydrogen-bond acceptors (Lipinski definition) is 0. The lowest BCUT2D eigenvalue weighted by molar-refractivity contribution is 0.628. The molecule has 0 atom stereocenters. The van der Waals surface area contributed by atoms with Crippen LogP contribution in [-0.4, -0.2) is 15.4 Å². The van der Waals surface area contributed by atoms with Crippen LogP contribution in [0.1, 0.15) is 0 Å². The molecule has 2 aromatic heterocycles. The van der Waals surface area contributed by atoms with Crippen LogP contribution in [0.25, 0.3) is 55.0 Å². The normalized spacial score (nSPS) is 12.0. The van der Waals surface area contributed by atoms with E-state index in [9.17, 15) is 4.39 Å². The number of fused-ring (bicyclic) bond motifs is 6. The monoisotopic (exact) mass is 624 g/mol. The average molecular weight is 625 g/mol. The first-order valence-corrected chi connectivity index (χ1v) is 17.8. The lowest BCUT2D eigenvalue weighted by Crippen LogP contribution is -2.25. The second kappa shape index (κ2) is 10.7. The van der Waals surface area contributed by atoms with Crippen LogP contribution in [0.15, 0.2) is 170 Å². The van der Waals surface area contributed by atoms with E-state index >= 15 is 0 Å². The molecule has 0 radical (unpaired) electrons. The second-order valence-electron chi connectivity index (χ2n) is 12.1. The number of rotatable bonds is 5. The SMILES string of the molecule is C=P(c1ccc(F)cc1)(c1ccc2c(c1)c1ccccc1n2-c1ccccc1)c1ccc2c(c1)c1ccccc1n2-c1ccccc1. The van der Waals surface area contributed by atoms with Crippen LogP contribution in [0.5, 0.6) is 0 Å². The summed E-state index contributed by atoms with van der Waals surface area (Å²) < 4.78 is 19.0. The van der Waals surface area contributed by atoms with Crippen molar-refractivity contribution in [3.63, 3.8) is 0 Å². The lowest BCUT2D eigenvalue weighted by Gasteiger charge is -2.27. The topological polar surface area (TPSA) is 9.86 Å². The summed E-state index contributed by atoms with van der Waals surface area (Å²) in [7, 11) is 0. The summed E-state index contributed by atoms with van der Waals surface area (Å²) in [6, 6.07) is 58.8. The highest BCUT2D eigenvalue weighted by Crippen LogP contribution is 2.45. The van der Waals surface area contributed by atoms with Gasteiger partial charge >= 0.3 is 0 Å². The van der Waals surface area contributed by atoms with Gasteiger partial charge < -0.3 is 9.13 Å². The average Bonchev–Trinajstić information content (AvgIpc) is 3.64. The van der Waals surface area contributed by atoms with Gasteiger partial charge in [-0.05, 0) is 95.6 Å². The van der Waals surface area contributed by atoms with Crippen molar-refractivity contribution in [2.24, 2.45) is 0 Å². The maximum Gasteiger partial charge on any atom is 0.123 e. The summed E-state index contributed by atoms with van der Waals surface area (Å²) in [6.45, 7) is -2.47. The summed E-state index contributed by atoms with van der Waals surface area (Å²) in [5.74, 6) is -0.247. The molecule has 9 aromatic rings. The summed E-state index contributed by atoms with van der Waals surface area (Å²) in [4.78, 5) is 0. The molecule has 0 amide bonds. The van der Waals surface area contributed by atoms with Crippen LogP contribution in [0.3, 0.4) is 0 Å². The van der Waals surface area contributed by atoms with Gasteiger partial charge in [0.15, 0.2) is 0 Å². The van der Waals surface area contributed by atoms with Gasteiger partial charge in [-0.25, -0.2) is 4.39 Å². The molecular formula is C43H30FN2P. The van der Waals surface area contributed by atoms with Gasteiger partial charge in [0.2, 0.25) is 0 Å². The Balaban J connectivity index is 1.32. The van der Waals surface area contributed by atoms with Crippen LogP contribution in [0.4, 0.5) is 4.39 Å². The first kappa shape index (κ1) is 27.7. The van der Waals surface area contributed by atoms with Gasteiger partial charge in [-0.2, -0.15) is 0 Å². The summed E-state index contributed by atoms with van der Waals surface area (Å²) in [5, 5.41) is 8.09. The minimum atomic E-state index is -2.47. The molecule has 47 heavy (non-hydrogen) atoms. The van der Waals surface area contributed by atoms with E-state index in [1.54, 1.807) is 12.1 Å². The van der Waals surface area contributed by atoms with Gasteiger partial charge in [0, 0.05) is 32.9 Å². The number of para-hydroxylation sites is 4. The van der Waals surface area contributed by atoms with Crippen LogP contribution in [0.2, 0.25) is 0 Å². The zero-order chi connectivity index (χ0) is 31.5. The van der Waals surface area contributed by atoms with Crippen LogP contribution in [0, 0.1) is 5.82 Å². The predicted octanol–water partition coefficient (Wildman–Crippen LogP) is 9.75. The maximum atomic E-state index is 14.4. The first-order valence-electron chi connectivity index (χ1n) is 15.8. The highest BCUT2D eigenvalue weighted by molar-refractivity contribution is 7.93. The molecule has 0 aliphatic rings. The van der Waals surface area contributed by atoms with E-state index in [-0.39, 0.29) is 5.82 Å². The molecule has 0 N–H and O–H groups in total. The molecule has 9 rings (SSSR count). The van der Waals surface area contributed by atoms with Crippen molar-refractivity contribution in [3.8, 4) is 11.4 Å². The Morgan fingerprint density at radius 1 is 0.383 bits per heavy atom. The molecule has 0 fully saturated rings. The minimum Gasteiger partial charge on any atom is -0.309 e. The van der Waals surface area contributed by atoms with Crippen molar-refractivity contribution in [3.05, 3.63) is 176 Å². The highest BCUT2D eigenvalue weighted by atomic mass is 31.2. The summed E-state index contributed by atoms with van der Waals surface area (Å²) in [5.41, 5.74) is 6.87. The lowest BCUT2D eigenvalue weighted by atomic mass is 10.1. The second-order valence-corrected chi connectivity index (χ2v) is 15.2. The molecule has 0 unspecified atom stereocenters. The molecule has 224 valence electrons. The number of aromatic nitrogens is 2. The Hall–Kier alpha value is -5.63. The van der Waals surface area contributed by atoms with Crippen LogP contribution >= 0.6 is 6.89 Å². The Morgan fingerprint density at radius 2 is 0.766 bits per heavy atom. The highest BCUT2D eigenvalue weighted by Gasteiger charge is 2.26. The molecular weight excluding hydrogens is 594 g/mol. The van der Waals surface area contributed by atoms with Crippen molar-refractivity contribution in [1.29, 1.82) is 0 Å².